The maximum Gasteiger partial charge on any atom is 0.0490 e. The van der Waals surface area contributed by atoms with E-state index in [-0.39, 0.29) is 0 Å². The lowest BCUT2D eigenvalue weighted by Crippen LogP contribution is -2.26. The molecule has 0 heterocycles. The van der Waals surface area contributed by atoms with Crippen LogP contribution in [0.3, 0.4) is 0 Å². The molecule has 0 spiro atoms. The topological polar surface area (TPSA) is 20.2 Å². The van der Waals surface area contributed by atoms with Gasteiger partial charge in [-0.15, -0.1) is 0 Å². The van der Waals surface area contributed by atoms with Crippen molar-refractivity contribution in [3.05, 3.63) is 0 Å². The lowest BCUT2D eigenvalue weighted by Gasteiger charge is -2.30. The fourth-order valence-electron chi connectivity index (χ4n) is 2.97. The molecular formula is C9H16O. The summed E-state index contributed by atoms with van der Waals surface area (Å²) in [5.41, 5.74) is 0.366. The lowest BCUT2D eigenvalue weighted by molar-refractivity contribution is 0.0894. The van der Waals surface area contributed by atoms with Crippen molar-refractivity contribution in [1.82, 2.24) is 0 Å². The van der Waals surface area contributed by atoms with Gasteiger partial charge in [0.25, 0.3) is 0 Å². The van der Waals surface area contributed by atoms with Gasteiger partial charge in [-0.25, -0.2) is 0 Å². The number of aliphatic hydroxyl groups is 1. The van der Waals surface area contributed by atoms with E-state index < -0.39 is 0 Å². The Morgan fingerprint density at radius 2 is 2.40 bits per heavy atom. The van der Waals surface area contributed by atoms with Crippen LogP contribution in [0, 0.1) is 17.3 Å². The average molecular weight is 140 g/mol. The Hall–Kier alpha value is -0.0400. The van der Waals surface area contributed by atoms with E-state index in [9.17, 15) is 5.11 Å². The van der Waals surface area contributed by atoms with Gasteiger partial charge in [0.05, 0.1) is 0 Å². The summed E-state index contributed by atoms with van der Waals surface area (Å²) < 4.78 is 0. The molecule has 1 heteroatoms. The molecule has 2 aliphatic carbocycles. The molecule has 2 bridgehead atoms. The Kier molecular flexibility index (Phi) is 1.31. The largest absolute Gasteiger partial charge is 0.396 e. The van der Waals surface area contributed by atoms with E-state index in [0.29, 0.717) is 12.0 Å². The van der Waals surface area contributed by atoms with Crippen molar-refractivity contribution in [2.24, 2.45) is 17.3 Å². The molecule has 58 valence electrons. The van der Waals surface area contributed by atoms with E-state index in [2.05, 4.69) is 6.92 Å². The van der Waals surface area contributed by atoms with Crippen LogP contribution in [-0.4, -0.2) is 11.7 Å². The Morgan fingerprint density at radius 1 is 1.60 bits per heavy atom. The van der Waals surface area contributed by atoms with Crippen molar-refractivity contribution >= 4 is 0 Å². The molecular weight excluding hydrogens is 124 g/mol. The standard InChI is InChI=1S/C9H16O/c1-7-4-8-2-3-9(7,5-8)6-10/h7-8,10H,2-6H2,1H3. The van der Waals surface area contributed by atoms with Gasteiger partial charge in [0.1, 0.15) is 0 Å². The van der Waals surface area contributed by atoms with Crippen molar-refractivity contribution in [2.45, 2.75) is 32.6 Å². The summed E-state index contributed by atoms with van der Waals surface area (Å²) in [5, 5.41) is 9.21. The predicted octanol–water partition coefficient (Wildman–Crippen LogP) is 1.80. The van der Waals surface area contributed by atoms with Crippen molar-refractivity contribution < 1.29 is 5.11 Å². The smallest absolute Gasteiger partial charge is 0.0490 e. The molecule has 2 fully saturated rings. The van der Waals surface area contributed by atoms with E-state index in [0.717, 1.165) is 11.8 Å². The van der Waals surface area contributed by atoms with Crippen molar-refractivity contribution in [3.8, 4) is 0 Å². The summed E-state index contributed by atoms with van der Waals surface area (Å²) in [5.74, 6) is 1.75. The number of hydrogen-bond acceptors (Lipinski definition) is 1. The highest BCUT2D eigenvalue weighted by Crippen LogP contribution is 2.56. The zero-order chi connectivity index (χ0) is 7.19. The molecule has 0 radical (unpaired) electrons. The summed E-state index contributed by atoms with van der Waals surface area (Å²) >= 11 is 0. The zero-order valence-electron chi connectivity index (χ0n) is 6.64. The number of rotatable bonds is 1. The second-order valence-corrected chi connectivity index (χ2v) is 4.27. The first kappa shape index (κ1) is 6.66. The monoisotopic (exact) mass is 140 g/mol. The molecule has 1 N–H and O–H groups in total. The second kappa shape index (κ2) is 1.97. The molecule has 0 aromatic carbocycles. The van der Waals surface area contributed by atoms with Gasteiger partial charge in [0, 0.05) is 6.61 Å². The fourth-order valence-corrected chi connectivity index (χ4v) is 2.97. The molecule has 2 aliphatic rings. The first-order valence-corrected chi connectivity index (χ1v) is 4.38. The summed E-state index contributed by atoms with van der Waals surface area (Å²) in [7, 11) is 0. The third-order valence-corrected chi connectivity index (χ3v) is 3.79. The summed E-state index contributed by atoms with van der Waals surface area (Å²) in [6.07, 6.45) is 5.35. The molecule has 10 heavy (non-hydrogen) atoms. The average Bonchev–Trinajstić information content (AvgIpc) is 2.44. The van der Waals surface area contributed by atoms with Gasteiger partial charge < -0.3 is 5.11 Å². The van der Waals surface area contributed by atoms with Gasteiger partial charge in [-0.3, -0.25) is 0 Å². The molecule has 3 unspecified atom stereocenters. The normalized spacial score (nSPS) is 52.2. The van der Waals surface area contributed by atoms with E-state index in [1.54, 1.807) is 0 Å². The van der Waals surface area contributed by atoms with E-state index in [4.69, 9.17) is 0 Å². The Morgan fingerprint density at radius 3 is 2.70 bits per heavy atom. The predicted molar refractivity (Wildman–Crippen MR) is 40.6 cm³/mol. The third kappa shape index (κ3) is 0.672. The van der Waals surface area contributed by atoms with Crippen LogP contribution >= 0.6 is 0 Å². The molecule has 1 nitrogen and oxygen atoms in total. The lowest BCUT2D eigenvalue weighted by atomic mass is 9.77. The minimum Gasteiger partial charge on any atom is -0.396 e. The highest BCUT2D eigenvalue weighted by molar-refractivity contribution is 4.99. The van der Waals surface area contributed by atoms with Gasteiger partial charge >= 0.3 is 0 Å². The minimum absolute atomic E-state index is 0.366. The van der Waals surface area contributed by atoms with Crippen LogP contribution in [0.15, 0.2) is 0 Å². The first-order valence-electron chi connectivity index (χ1n) is 4.38. The van der Waals surface area contributed by atoms with Crippen LogP contribution in [0.2, 0.25) is 0 Å². The van der Waals surface area contributed by atoms with Gasteiger partial charge in [-0.05, 0) is 42.9 Å². The van der Waals surface area contributed by atoms with Gasteiger partial charge in [0.15, 0.2) is 0 Å². The summed E-state index contributed by atoms with van der Waals surface area (Å²) in [6, 6.07) is 0. The Bertz CT molecular complexity index is 144. The Balaban J connectivity index is 2.19. The highest BCUT2D eigenvalue weighted by Gasteiger charge is 2.49. The SMILES string of the molecule is CC1CC2CCC1(CO)C2. The van der Waals surface area contributed by atoms with E-state index in [1.165, 1.54) is 25.7 Å². The second-order valence-electron chi connectivity index (χ2n) is 4.27. The van der Waals surface area contributed by atoms with Gasteiger partial charge in [0.2, 0.25) is 0 Å². The molecule has 0 aliphatic heterocycles. The van der Waals surface area contributed by atoms with E-state index in [1.807, 2.05) is 0 Å². The fraction of sp³-hybridized carbons (Fsp3) is 1.00. The maximum atomic E-state index is 9.21. The molecule has 0 aromatic heterocycles. The summed E-state index contributed by atoms with van der Waals surface area (Å²) in [6.45, 7) is 2.74. The number of fused-ring (bicyclic) bond motifs is 2. The number of hydrogen-bond donors (Lipinski definition) is 1. The maximum absolute atomic E-state index is 9.21. The molecule has 0 aromatic rings. The molecule has 2 saturated carbocycles. The van der Waals surface area contributed by atoms with Crippen LogP contribution < -0.4 is 0 Å². The Labute approximate surface area is 62.4 Å². The van der Waals surface area contributed by atoms with Crippen LogP contribution in [0.25, 0.3) is 0 Å². The van der Waals surface area contributed by atoms with Gasteiger partial charge in [-0.2, -0.15) is 0 Å². The van der Waals surface area contributed by atoms with Crippen LogP contribution in [0.1, 0.15) is 32.6 Å². The quantitative estimate of drug-likeness (QED) is 0.589. The van der Waals surface area contributed by atoms with E-state index >= 15 is 0 Å². The van der Waals surface area contributed by atoms with Crippen molar-refractivity contribution in [1.29, 1.82) is 0 Å². The zero-order valence-corrected chi connectivity index (χ0v) is 6.64. The van der Waals surface area contributed by atoms with Crippen molar-refractivity contribution in [2.75, 3.05) is 6.61 Å². The van der Waals surface area contributed by atoms with Crippen LogP contribution in [0.4, 0.5) is 0 Å². The number of aliphatic hydroxyl groups excluding tert-OH is 1. The van der Waals surface area contributed by atoms with Crippen LogP contribution in [0.5, 0.6) is 0 Å². The summed E-state index contributed by atoms with van der Waals surface area (Å²) in [4.78, 5) is 0. The molecule has 0 amide bonds. The molecule has 0 saturated heterocycles. The van der Waals surface area contributed by atoms with Gasteiger partial charge in [-0.1, -0.05) is 6.92 Å². The molecule has 2 rings (SSSR count). The highest BCUT2D eigenvalue weighted by atomic mass is 16.3. The third-order valence-electron chi connectivity index (χ3n) is 3.79. The van der Waals surface area contributed by atoms with Crippen LogP contribution in [-0.2, 0) is 0 Å². The molecule has 3 atom stereocenters. The van der Waals surface area contributed by atoms with Crippen molar-refractivity contribution in [3.63, 3.8) is 0 Å². The first-order chi connectivity index (χ1) is 4.77. The minimum atomic E-state index is 0.366.